The summed E-state index contributed by atoms with van der Waals surface area (Å²) in [6, 6.07) is 7.95. The van der Waals surface area contributed by atoms with Gasteiger partial charge in [0, 0.05) is 29.4 Å². The van der Waals surface area contributed by atoms with E-state index in [1.807, 2.05) is 0 Å². The summed E-state index contributed by atoms with van der Waals surface area (Å²) in [7, 11) is 0. The molecule has 1 unspecified atom stereocenters. The number of carbonyl (C=O) groups is 3. The van der Waals surface area contributed by atoms with Crippen molar-refractivity contribution in [2.75, 3.05) is 10.6 Å². The number of anilines is 2. The molecule has 1 amide bonds. The zero-order chi connectivity index (χ0) is 23.2. The van der Waals surface area contributed by atoms with Crippen LogP contribution >= 0.6 is 0 Å². The van der Waals surface area contributed by atoms with E-state index in [1.54, 1.807) is 6.92 Å². The Bertz CT molecular complexity index is 943. The number of nitrogens with two attached hydrogens (primary N) is 1. The normalized spacial score (nSPS) is 12.3. The van der Waals surface area contributed by atoms with Gasteiger partial charge < -0.3 is 15.7 Å². The highest BCUT2D eigenvalue weighted by Gasteiger charge is 2.31. The Morgan fingerprint density at radius 3 is 2.29 bits per heavy atom. The summed E-state index contributed by atoms with van der Waals surface area (Å²) >= 11 is 0. The molecule has 0 saturated carbocycles. The topological polar surface area (TPSA) is 101 Å². The first-order chi connectivity index (χ1) is 14.5. The van der Waals surface area contributed by atoms with E-state index < -0.39 is 29.7 Å². The number of rotatable bonds is 9. The van der Waals surface area contributed by atoms with Crippen LogP contribution < -0.4 is 10.6 Å². The molecule has 0 aliphatic rings. The van der Waals surface area contributed by atoms with Crippen molar-refractivity contribution in [1.29, 1.82) is 0 Å². The van der Waals surface area contributed by atoms with Gasteiger partial charge in [-0.15, -0.1) is 0 Å². The molecule has 0 aliphatic carbocycles. The van der Waals surface area contributed by atoms with Gasteiger partial charge in [0.15, 0.2) is 0 Å². The maximum absolute atomic E-state index is 13.3. The average Bonchev–Trinajstić information content (AvgIpc) is 2.70. The lowest BCUT2D eigenvalue weighted by molar-refractivity contribution is -0.138. The maximum Gasteiger partial charge on any atom is 0.416 e. The number of hydrogen-bond donors (Lipinski definition) is 2. The molecule has 0 aromatic heterocycles. The van der Waals surface area contributed by atoms with E-state index in [4.69, 9.17) is 10.8 Å². The standard InChI is InChI=1S/C22H23F3N2O4/c1-14(4-2-3-5-20(29)30)27(17-9-7-16(8-10-17)22(23,24)25)21(31)18-11-6-15(13-28)12-19(18)26/h6-14H,2-5,26H2,1H3,(H,29,30). The van der Waals surface area contributed by atoms with Gasteiger partial charge in [0.05, 0.1) is 11.1 Å². The van der Waals surface area contributed by atoms with Gasteiger partial charge in [-0.05, 0) is 56.2 Å². The minimum absolute atomic E-state index is 0.0128. The van der Waals surface area contributed by atoms with Crippen LogP contribution in [0.5, 0.6) is 0 Å². The van der Waals surface area contributed by atoms with Gasteiger partial charge in [0.2, 0.25) is 0 Å². The van der Waals surface area contributed by atoms with E-state index in [9.17, 15) is 27.6 Å². The molecule has 0 radical (unpaired) electrons. The molecule has 1 atom stereocenters. The number of amides is 1. The fourth-order valence-corrected chi connectivity index (χ4v) is 3.21. The molecule has 0 spiro atoms. The lowest BCUT2D eigenvalue weighted by Gasteiger charge is -2.30. The van der Waals surface area contributed by atoms with Crippen LogP contribution in [0.2, 0.25) is 0 Å². The summed E-state index contributed by atoms with van der Waals surface area (Å²) in [5, 5.41) is 8.77. The molecule has 0 saturated heterocycles. The molecular formula is C22H23F3N2O4. The molecule has 3 N–H and O–H groups in total. The fourth-order valence-electron chi connectivity index (χ4n) is 3.21. The van der Waals surface area contributed by atoms with Gasteiger partial charge in [0.1, 0.15) is 6.29 Å². The second-order valence-electron chi connectivity index (χ2n) is 7.17. The van der Waals surface area contributed by atoms with Crippen molar-refractivity contribution < 1.29 is 32.7 Å². The lowest BCUT2D eigenvalue weighted by Crippen LogP contribution is -2.39. The summed E-state index contributed by atoms with van der Waals surface area (Å²) in [5.41, 5.74) is 5.82. The van der Waals surface area contributed by atoms with E-state index in [-0.39, 0.29) is 28.9 Å². The SMILES string of the molecule is CC(CCCCC(=O)O)N(C(=O)c1ccc(C=O)cc1N)c1ccc(C(F)(F)F)cc1. The van der Waals surface area contributed by atoms with Gasteiger partial charge in [-0.1, -0.05) is 12.5 Å². The largest absolute Gasteiger partial charge is 0.481 e. The van der Waals surface area contributed by atoms with Crippen molar-refractivity contribution in [1.82, 2.24) is 0 Å². The quantitative estimate of drug-likeness (QED) is 0.335. The van der Waals surface area contributed by atoms with Crippen LogP contribution in [0.3, 0.4) is 0 Å². The molecule has 9 heteroatoms. The Morgan fingerprint density at radius 1 is 1.13 bits per heavy atom. The number of aldehydes is 1. The first-order valence-electron chi connectivity index (χ1n) is 9.62. The predicted molar refractivity (Wildman–Crippen MR) is 110 cm³/mol. The number of hydrogen-bond acceptors (Lipinski definition) is 4. The number of aliphatic carboxylic acids is 1. The van der Waals surface area contributed by atoms with Crippen molar-refractivity contribution in [3.8, 4) is 0 Å². The summed E-state index contributed by atoms with van der Waals surface area (Å²) in [6.07, 6.45) is -2.58. The van der Waals surface area contributed by atoms with Crippen LogP contribution in [-0.4, -0.2) is 29.3 Å². The van der Waals surface area contributed by atoms with E-state index in [0.717, 1.165) is 12.1 Å². The fraction of sp³-hybridized carbons (Fsp3) is 0.318. The lowest BCUT2D eigenvalue weighted by atomic mass is 10.0. The van der Waals surface area contributed by atoms with Gasteiger partial charge in [-0.25, -0.2) is 0 Å². The Balaban J connectivity index is 2.36. The van der Waals surface area contributed by atoms with E-state index in [1.165, 1.54) is 35.2 Å². The van der Waals surface area contributed by atoms with Crippen molar-refractivity contribution in [2.45, 2.75) is 44.8 Å². The molecule has 2 aromatic carbocycles. The molecule has 0 heterocycles. The minimum atomic E-state index is -4.51. The summed E-state index contributed by atoms with van der Waals surface area (Å²) in [6.45, 7) is 1.73. The van der Waals surface area contributed by atoms with Crippen molar-refractivity contribution in [2.24, 2.45) is 0 Å². The van der Waals surface area contributed by atoms with Crippen LogP contribution in [0.15, 0.2) is 42.5 Å². The number of alkyl halides is 3. The number of nitrogen functional groups attached to an aromatic ring is 1. The van der Waals surface area contributed by atoms with Crippen LogP contribution in [0.4, 0.5) is 24.5 Å². The van der Waals surface area contributed by atoms with Crippen LogP contribution in [0.25, 0.3) is 0 Å². The predicted octanol–water partition coefficient (Wildman–Crippen LogP) is 4.78. The number of carbonyl (C=O) groups excluding carboxylic acids is 2. The number of carboxylic acids is 1. The van der Waals surface area contributed by atoms with Gasteiger partial charge in [0.25, 0.3) is 5.91 Å². The Kier molecular flexibility index (Phi) is 7.79. The zero-order valence-electron chi connectivity index (χ0n) is 16.9. The van der Waals surface area contributed by atoms with Gasteiger partial charge in [-0.2, -0.15) is 13.2 Å². The molecule has 2 aromatic rings. The Labute approximate surface area is 177 Å². The highest BCUT2D eigenvalue weighted by atomic mass is 19.4. The Morgan fingerprint density at radius 2 is 1.77 bits per heavy atom. The first-order valence-corrected chi connectivity index (χ1v) is 9.62. The molecule has 2 rings (SSSR count). The van der Waals surface area contributed by atoms with Crippen LogP contribution in [0.1, 0.15) is 58.9 Å². The van der Waals surface area contributed by atoms with Crippen molar-refractivity contribution in [3.05, 3.63) is 59.2 Å². The van der Waals surface area contributed by atoms with Crippen LogP contribution in [0, 0.1) is 0 Å². The molecule has 0 bridgehead atoms. The molecule has 6 nitrogen and oxygen atoms in total. The van der Waals surface area contributed by atoms with Crippen molar-refractivity contribution >= 4 is 29.5 Å². The van der Waals surface area contributed by atoms with Crippen molar-refractivity contribution in [3.63, 3.8) is 0 Å². The first kappa shape index (κ1) is 23.9. The number of carboxylic acid groups (broad SMARTS) is 1. The number of halogens is 3. The molecule has 166 valence electrons. The summed E-state index contributed by atoms with van der Waals surface area (Å²) < 4.78 is 38.8. The summed E-state index contributed by atoms with van der Waals surface area (Å²) in [4.78, 5) is 36.2. The van der Waals surface area contributed by atoms with Gasteiger partial charge in [-0.3, -0.25) is 14.4 Å². The third kappa shape index (κ3) is 6.31. The second-order valence-corrected chi connectivity index (χ2v) is 7.17. The molecular weight excluding hydrogens is 413 g/mol. The highest BCUT2D eigenvalue weighted by Crippen LogP contribution is 2.32. The van der Waals surface area contributed by atoms with Crippen LogP contribution in [-0.2, 0) is 11.0 Å². The smallest absolute Gasteiger partial charge is 0.416 e. The average molecular weight is 436 g/mol. The molecule has 0 fully saturated rings. The monoisotopic (exact) mass is 436 g/mol. The molecule has 31 heavy (non-hydrogen) atoms. The number of nitrogens with zero attached hydrogens (tertiary/aromatic N) is 1. The maximum atomic E-state index is 13.3. The molecule has 0 aliphatic heterocycles. The highest BCUT2D eigenvalue weighted by molar-refractivity contribution is 6.10. The number of unbranched alkanes of at least 4 members (excludes halogenated alkanes) is 1. The zero-order valence-corrected chi connectivity index (χ0v) is 16.9. The van der Waals surface area contributed by atoms with E-state index in [0.29, 0.717) is 25.5 Å². The summed E-state index contributed by atoms with van der Waals surface area (Å²) in [5.74, 6) is -1.45. The Hall–Kier alpha value is -3.36. The van der Waals surface area contributed by atoms with E-state index in [2.05, 4.69) is 0 Å². The third-order valence-corrected chi connectivity index (χ3v) is 4.84. The third-order valence-electron chi connectivity index (χ3n) is 4.84. The van der Waals surface area contributed by atoms with E-state index >= 15 is 0 Å². The number of benzene rings is 2. The van der Waals surface area contributed by atoms with Gasteiger partial charge >= 0.3 is 12.1 Å². The minimum Gasteiger partial charge on any atom is -0.481 e. The second kappa shape index (κ2) is 10.1.